The summed E-state index contributed by atoms with van der Waals surface area (Å²) >= 11 is 0. The first-order valence-corrected chi connectivity index (χ1v) is 7.04. The third-order valence-electron chi connectivity index (χ3n) is 2.74. The van der Waals surface area contributed by atoms with E-state index in [1.165, 1.54) is 11.9 Å². The average Bonchev–Trinajstić information content (AvgIpc) is 2.32. The van der Waals surface area contributed by atoms with E-state index in [0.29, 0.717) is 6.54 Å². The molecule has 0 aromatic heterocycles. The van der Waals surface area contributed by atoms with Crippen molar-refractivity contribution in [3.63, 3.8) is 0 Å². The van der Waals surface area contributed by atoms with Crippen LogP contribution in [0.25, 0.3) is 0 Å². The molecular formula is C13H28F3IN4. The highest BCUT2D eigenvalue weighted by Gasteiger charge is 2.28. The number of alkyl halides is 3. The van der Waals surface area contributed by atoms with Gasteiger partial charge in [0.2, 0.25) is 0 Å². The van der Waals surface area contributed by atoms with Gasteiger partial charge in [-0.2, -0.15) is 13.2 Å². The highest BCUT2D eigenvalue weighted by Crippen LogP contribution is 2.15. The first-order valence-electron chi connectivity index (χ1n) is 7.04. The van der Waals surface area contributed by atoms with E-state index < -0.39 is 12.7 Å². The number of nitrogens with zero attached hydrogens (tertiary/aromatic N) is 3. The average molecular weight is 424 g/mol. The second-order valence-electron chi connectivity index (χ2n) is 4.86. The molecule has 0 radical (unpaired) electrons. The lowest BCUT2D eigenvalue weighted by Crippen LogP contribution is -2.40. The first-order chi connectivity index (χ1) is 9.30. The molecule has 8 heteroatoms. The number of unbranched alkanes of at least 4 members (excludes halogenated alkanes) is 1. The standard InChI is InChI=1S/C13H27F3N4.HI/c1-5-7-9-20(4)12(17-6-2)18-8-10-19(3)11-13(14,15)16;/h5-11H2,1-4H3,(H,17,18);1H. The molecule has 1 N–H and O–H groups in total. The molecule has 0 saturated heterocycles. The molecule has 0 amide bonds. The lowest BCUT2D eigenvalue weighted by Gasteiger charge is -2.22. The maximum Gasteiger partial charge on any atom is 0.401 e. The van der Waals surface area contributed by atoms with Gasteiger partial charge in [-0.3, -0.25) is 9.89 Å². The van der Waals surface area contributed by atoms with Crippen molar-refractivity contribution in [3.8, 4) is 0 Å². The molecule has 4 nitrogen and oxygen atoms in total. The molecule has 0 aliphatic heterocycles. The smallest absolute Gasteiger partial charge is 0.357 e. The van der Waals surface area contributed by atoms with E-state index >= 15 is 0 Å². The monoisotopic (exact) mass is 424 g/mol. The molecule has 0 fully saturated rings. The Morgan fingerprint density at radius 3 is 2.24 bits per heavy atom. The van der Waals surface area contributed by atoms with Gasteiger partial charge in [-0.15, -0.1) is 24.0 Å². The number of hydrogen-bond acceptors (Lipinski definition) is 2. The number of hydrogen-bond donors (Lipinski definition) is 1. The molecule has 0 aromatic carbocycles. The van der Waals surface area contributed by atoms with Crippen LogP contribution in [-0.2, 0) is 0 Å². The molecular weight excluding hydrogens is 396 g/mol. The molecule has 0 spiro atoms. The molecule has 21 heavy (non-hydrogen) atoms. The van der Waals surface area contributed by atoms with Gasteiger partial charge in [-0.05, 0) is 20.4 Å². The highest BCUT2D eigenvalue weighted by molar-refractivity contribution is 14.0. The number of guanidine groups is 1. The number of halogens is 4. The Morgan fingerprint density at radius 2 is 1.76 bits per heavy atom. The van der Waals surface area contributed by atoms with Crippen LogP contribution in [0.4, 0.5) is 13.2 Å². The molecule has 0 unspecified atom stereocenters. The highest BCUT2D eigenvalue weighted by atomic mass is 127. The topological polar surface area (TPSA) is 30.9 Å². The molecule has 0 saturated carbocycles. The molecule has 0 bridgehead atoms. The number of nitrogens with one attached hydrogen (secondary N) is 1. The normalized spacial score (nSPS) is 12.3. The Hall–Kier alpha value is -0.250. The summed E-state index contributed by atoms with van der Waals surface area (Å²) in [5, 5.41) is 3.15. The van der Waals surface area contributed by atoms with Crippen molar-refractivity contribution in [1.29, 1.82) is 0 Å². The van der Waals surface area contributed by atoms with Crippen molar-refractivity contribution >= 4 is 29.9 Å². The van der Waals surface area contributed by atoms with Crippen molar-refractivity contribution in [2.24, 2.45) is 4.99 Å². The summed E-state index contributed by atoms with van der Waals surface area (Å²) in [7, 11) is 3.40. The minimum atomic E-state index is -4.15. The van der Waals surface area contributed by atoms with E-state index in [2.05, 4.69) is 17.2 Å². The van der Waals surface area contributed by atoms with Crippen LogP contribution in [0, 0.1) is 0 Å². The van der Waals surface area contributed by atoms with Crippen LogP contribution in [0.3, 0.4) is 0 Å². The van der Waals surface area contributed by atoms with Gasteiger partial charge in [0.05, 0.1) is 13.1 Å². The lowest BCUT2D eigenvalue weighted by atomic mass is 10.3. The van der Waals surface area contributed by atoms with E-state index in [0.717, 1.165) is 31.9 Å². The lowest BCUT2D eigenvalue weighted by molar-refractivity contribution is -0.142. The van der Waals surface area contributed by atoms with E-state index in [1.54, 1.807) is 0 Å². The van der Waals surface area contributed by atoms with Crippen molar-refractivity contribution in [1.82, 2.24) is 15.1 Å². The predicted octanol–water partition coefficient (Wildman–Crippen LogP) is 2.80. The van der Waals surface area contributed by atoms with Gasteiger partial charge in [0.1, 0.15) is 0 Å². The maximum absolute atomic E-state index is 12.2. The van der Waals surface area contributed by atoms with Crippen LogP contribution in [0.5, 0.6) is 0 Å². The Balaban J connectivity index is 0. The third kappa shape index (κ3) is 13.2. The van der Waals surface area contributed by atoms with Crippen molar-refractivity contribution in [2.75, 3.05) is 46.8 Å². The number of likely N-dealkylation sites (N-methyl/N-ethyl adjacent to an activating group) is 1. The molecule has 0 atom stereocenters. The van der Waals surface area contributed by atoms with Crippen LogP contribution in [-0.4, -0.2) is 68.8 Å². The Morgan fingerprint density at radius 1 is 1.14 bits per heavy atom. The number of rotatable bonds is 8. The largest absolute Gasteiger partial charge is 0.401 e. The minimum absolute atomic E-state index is 0. The molecule has 0 aromatic rings. The fraction of sp³-hybridized carbons (Fsp3) is 0.923. The third-order valence-corrected chi connectivity index (χ3v) is 2.74. The summed E-state index contributed by atoms with van der Waals surface area (Å²) in [6.45, 7) is 5.46. The van der Waals surface area contributed by atoms with Gasteiger partial charge in [-0.25, -0.2) is 0 Å². The van der Waals surface area contributed by atoms with E-state index in [1.807, 2.05) is 18.9 Å². The van der Waals surface area contributed by atoms with Crippen molar-refractivity contribution in [3.05, 3.63) is 0 Å². The minimum Gasteiger partial charge on any atom is -0.357 e. The summed E-state index contributed by atoms with van der Waals surface area (Å²) in [4.78, 5) is 7.60. The van der Waals surface area contributed by atoms with Gasteiger partial charge < -0.3 is 10.2 Å². The van der Waals surface area contributed by atoms with E-state index in [4.69, 9.17) is 0 Å². The molecule has 0 rings (SSSR count). The second-order valence-corrected chi connectivity index (χ2v) is 4.86. The van der Waals surface area contributed by atoms with Gasteiger partial charge >= 0.3 is 6.18 Å². The molecule has 128 valence electrons. The fourth-order valence-corrected chi connectivity index (χ4v) is 1.68. The fourth-order valence-electron chi connectivity index (χ4n) is 1.68. The van der Waals surface area contributed by atoms with Gasteiger partial charge in [0.25, 0.3) is 0 Å². The van der Waals surface area contributed by atoms with E-state index in [9.17, 15) is 13.2 Å². The van der Waals surface area contributed by atoms with Gasteiger partial charge in [-0.1, -0.05) is 13.3 Å². The predicted molar refractivity (Wildman–Crippen MR) is 92.5 cm³/mol. The Bertz CT molecular complexity index is 285. The summed E-state index contributed by atoms with van der Waals surface area (Å²) in [5.74, 6) is 0.751. The summed E-state index contributed by atoms with van der Waals surface area (Å²) in [5.41, 5.74) is 0. The van der Waals surface area contributed by atoms with Gasteiger partial charge in [0, 0.05) is 26.7 Å². The molecule has 0 aliphatic carbocycles. The van der Waals surface area contributed by atoms with Crippen LogP contribution in [0.2, 0.25) is 0 Å². The zero-order valence-electron chi connectivity index (χ0n) is 13.3. The second kappa shape index (κ2) is 12.3. The zero-order chi connectivity index (χ0) is 15.6. The Labute approximate surface area is 143 Å². The first kappa shape index (κ1) is 23.0. The quantitative estimate of drug-likeness (QED) is 0.370. The summed E-state index contributed by atoms with van der Waals surface area (Å²) in [6.07, 6.45) is -1.99. The number of aliphatic imine (C=N–C) groups is 1. The molecule has 0 heterocycles. The van der Waals surface area contributed by atoms with E-state index in [-0.39, 0.29) is 30.5 Å². The van der Waals surface area contributed by atoms with Crippen LogP contribution in [0.1, 0.15) is 26.7 Å². The van der Waals surface area contributed by atoms with Gasteiger partial charge in [0.15, 0.2) is 5.96 Å². The molecule has 0 aliphatic rings. The van der Waals surface area contributed by atoms with Crippen LogP contribution >= 0.6 is 24.0 Å². The van der Waals surface area contributed by atoms with Crippen molar-refractivity contribution < 1.29 is 13.2 Å². The Kier molecular flexibility index (Phi) is 13.5. The maximum atomic E-state index is 12.2. The van der Waals surface area contributed by atoms with Crippen LogP contribution in [0.15, 0.2) is 4.99 Å². The summed E-state index contributed by atoms with van der Waals surface area (Å²) in [6, 6.07) is 0. The van der Waals surface area contributed by atoms with Crippen LogP contribution < -0.4 is 5.32 Å². The SMILES string of the molecule is CCCCN(C)C(=NCCN(C)CC(F)(F)F)NCC.I. The zero-order valence-corrected chi connectivity index (χ0v) is 15.7. The summed E-state index contributed by atoms with van der Waals surface area (Å²) < 4.78 is 36.5. The van der Waals surface area contributed by atoms with Crippen molar-refractivity contribution in [2.45, 2.75) is 32.9 Å².